The molecule has 1 fully saturated rings. The molecule has 1 heterocycles. The van der Waals surface area contributed by atoms with E-state index in [1.807, 2.05) is 24.3 Å². The Morgan fingerprint density at radius 2 is 1.83 bits per heavy atom. The highest BCUT2D eigenvalue weighted by Gasteiger charge is 2.33. The second-order valence-corrected chi connectivity index (χ2v) is 7.07. The molecule has 1 aliphatic carbocycles. The first-order valence-electron chi connectivity index (χ1n) is 9.96. The van der Waals surface area contributed by atoms with Crippen LogP contribution in [0.1, 0.15) is 36.8 Å². The molecule has 0 aliphatic heterocycles. The van der Waals surface area contributed by atoms with E-state index in [1.54, 1.807) is 0 Å². The quantitative estimate of drug-likeness (QED) is 0.554. The molecule has 1 aromatic carbocycles. The van der Waals surface area contributed by atoms with Crippen LogP contribution in [0.2, 0.25) is 0 Å². The monoisotopic (exact) mass is 422 g/mol. The number of nitrogens with zero attached hydrogens (tertiary/aromatic N) is 1. The van der Waals surface area contributed by atoms with Crippen molar-refractivity contribution in [3.8, 4) is 5.75 Å². The number of carbonyl (C=O) groups excluding carboxylic acids is 1. The molecule has 3 N–H and O–H groups in total. The summed E-state index contributed by atoms with van der Waals surface area (Å²) in [6.07, 6.45) is 1.44. The summed E-state index contributed by atoms with van der Waals surface area (Å²) in [5.74, 6) is 0.506. The Morgan fingerprint density at radius 1 is 1.07 bits per heavy atom. The third-order valence-electron chi connectivity index (χ3n) is 4.82. The van der Waals surface area contributed by atoms with Gasteiger partial charge in [0.15, 0.2) is 0 Å². The average Bonchev–Trinajstić information content (AvgIpc) is 3.23. The maximum absolute atomic E-state index is 12.9. The number of urea groups is 1. The first-order chi connectivity index (χ1) is 14.4. The summed E-state index contributed by atoms with van der Waals surface area (Å²) >= 11 is 0. The first kappa shape index (κ1) is 21.7. The zero-order chi connectivity index (χ0) is 21.4. The number of carbonyl (C=O) groups is 1. The molecule has 0 spiro atoms. The van der Waals surface area contributed by atoms with Crippen LogP contribution in [0.25, 0.3) is 0 Å². The maximum atomic E-state index is 12.9. The van der Waals surface area contributed by atoms with Gasteiger partial charge in [0.2, 0.25) is 0 Å². The number of halogens is 3. The van der Waals surface area contributed by atoms with Gasteiger partial charge in [-0.1, -0.05) is 18.2 Å². The molecule has 6 nitrogen and oxygen atoms in total. The van der Waals surface area contributed by atoms with Crippen LogP contribution in [-0.4, -0.2) is 30.2 Å². The topological polar surface area (TPSA) is 75.3 Å². The van der Waals surface area contributed by atoms with E-state index in [1.165, 1.54) is 25.1 Å². The van der Waals surface area contributed by atoms with Gasteiger partial charge in [-0.2, -0.15) is 13.2 Å². The van der Waals surface area contributed by atoms with Crippen LogP contribution in [0.3, 0.4) is 0 Å². The number of pyridine rings is 1. The molecule has 0 saturated heterocycles. The van der Waals surface area contributed by atoms with E-state index >= 15 is 0 Å². The molecule has 2 amide bonds. The lowest BCUT2D eigenvalue weighted by Gasteiger charge is -2.17. The van der Waals surface area contributed by atoms with Gasteiger partial charge in [-0.05, 0) is 43.9 Å². The molecule has 0 unspecified atom stereocenters. The number of alkyl halides is 3. The zero-order valence-electron chi connectivity index (χ0n) is 16.5. The minimum Gasteiger partial charge on any atom is -0.490 e. The standard InChI is InChI=1S/C21H25F3N4O2/c22-21(23,24)17-9-5-11-25-19(17)26-12-13-27-20(29)28-14-15-6-1-4-10-18(15)30-16-7-2-3-8-16/h1,4-6,9-11,16H,2-3,7-8,12-14H2,(H,25,26)(H2,27,28,29). The lowest BCUT2D eigenvalue weighted by Crippen LogP contribution is -2.37. The van der Waals surface area contributed by atoms with Gasteiger partial charge < -0.3 is 20.7 Å². The summed E-state index contributed by atoms with van der Waals surface area (Å²) in [6, 6.07) is 9.34. The molecule has 30 heavy (non-hydrogen) atoms. The minimum absolute atomic E-state index is 0.106. The molecule has 0 radical (unpaired) electrons. The summed E-state index contributed by atoms with van der Waals surface area (Å²) in [7, 11) is 0. The summed E-state index contributed by atoms with van der Waals surface area (Å²) in [5.41, 5.74) is 0.0364. The number of benzene rings is 1. The van der Waals surface area contributed by atoms with Crippen molar-refractivity contribution in [1.29, 1.82) is 0 Å². The summed E-state index contributed by atoms with van der Waals surface area (Å²) in [6.45, 7) is 0.537. The number of amides is 2. The SMILES string of the molecule is O=C(NCCNc1ncccc1C(F)(F)F)NCc1ccccc1OC1CCCC1. The van der Waals surface area contributed by atoms with E-state index < -0.39 is 17.8 Å². The van der Waals surface area contributed by atoms with Crippen molar-refractivity contribution in [2.75, 3.05) is 18.4 Å². The third-order valence-corrected chi connectivity index (χ3v) is 4.82. The van der Waals surface area contributed by atoms with Crippen LogP contribution in [0.4, 0.5) is 23.8 Å². The Balaban J connectivity index is 1.42. The Bertz CT molecular complexity index is 839. The van der Waals surface area contributed by atoms with Crippen molar-refractivity contribution in [2.45, 2.75) is 44.5 Å². The summed E-state index contributed by atoms with van der Waals surface area (Å²) < 4.78 is 44.9. The minimum atomic E-state index is -4.49. The number of para-hydroxylation sites is 1. The lowest BCUT2D eigenvalue weighted by molar-refractivity contribution is -0.137. The molecule has 162 valence electrons. The number of hydrogen-bond acceptors (Lipinski definition) is 4. The van der Waals surface area contributed by atoms with Gasteiger partial charge in [-0.25, -0.2) is 9.78 Å². The molecule has 1 saturated carbocycles. The largest absolute Gasteiger partial charge is 0.490 e. The van der Waals surface area contributed by atoms with E-state index in [9.17, 15) is 18.0 Å². The second-order valence-electron chi connectivity index (χ2n) is 7.07. The van der Waals surface area contributed by atoms with Crippen LogP contribution in [0, 0.1) is 0 Å². The summed E-state index contributed by atoms with van der Waals surface area (Å²) in [4.78, 5) is 15.7. The number of ether oxygens (including phenoxy) is 1. The second kappa shape index (κ2) is 10.2. The molecular weight excluding hydrogens is 397 g/mol. The molecular formula is C21H25F3N4O2. The van der Waals surface area contributed by atoms with E-state index in [0.717, 1.165) is 30.2 Å². The highest BCUT2D eigenvalue weighted by molar-refractivity contribution is 5.73. The Morgan fingerprint density at radius 3 is 2.60 bits per heavy atom. The fraction of sp³-hybridized carbons (Fsp3) is 0.429. The highest BCUT2D eigenvalue weighted by Crippen LogP contribution is 2.33. The van der Waals surface area contributed by atoms with Crippen LogP contribution in [0.15, 0.2) is 42.6 Å². The smallest absolute Gasteiger partial charge is 0.419 e. The van der Waals surface area contributed by atoms with Gasteiger partial charge in [0.05, 0.1) is 11.7 Å². The number of aromatic nitrogens is 1. The van der Waals surface area contributed by atoms with Crippen LogP contribution >= 0.6 is 0 Å². The van der Waals surface area contributed by atoms with Gasteiger partial charge >= 0.3 is 12.2 Å². The van der Waals surface area contributed by atoms with Gasteiger partial charge in [-0.15, -0.1) is 0 Å². The molecule has 3 rings (SSSR count). The number of rotatable bonds is 8. The van der Waals surface area contributed by atoms with Crippen molar-refractivity contribution < 1.29 is 22.7 Å². The first-order valence-corrected chi connectivity index (χ1v) is 9.96. The van der Waals surface area contributed by atoms with Crippen molar-refractivity contribution >= 4 is 11.8 Å². The molecule has 1 aliphatic rings. The lowest BCUT2D eigenvalue weighted by atomic mass is 10.2. The van der Waals surface area contributed by atoms with Crippen molar-refractivity contribution in [3.63, 3.8) is 0 Å². The molecule has 9 heteroatoms. The predicted molar refractivity (Wildman–Crippen MR) is 107 cm³/mol. The zero-order valence-corrected chi connectivity index (χ0v) is 16.5. The van der Waals surface area contributed by atoms with Crippen LogP contribution in [0.5, 0.6) is 5.75 Å². The van der Waals surface area contributed by atoms with Crippen LogP contribution in [-0.2, 0) is 12.7 Å². The molecule has 2 aromatic rings. The number of nitrogens with one attached hydrogen (secondary N) is 3. The Kier molecular flexibility index (Phi) is 7.37. The highest BCUT2D eigenvalue weighted by atomic mass is 19.4. The Hall–Kier alpha value is -2.97. The molecule has 0 atom stereocenters. The predicted octanol–water partition coefficient (Wildman–Crippen LogP) is 4.33. The van der Waals surface area contributed by atoms with E-state index in [-0.39, 0.29) is 25.0 Å². The van der Waals surface area contributed by atoms with Gasteiger partial charge in [0.1, 0.15) is 11.6 Å². The fourth-order valence-electron chi connectivity index (χ4n) is 3.32. The molecule has 1 aromatic heterocycles. The number of hydrogen-bond donors (Lipinski definition) is 3. The van der Waals surface area contributed by atoms with E-state index in [0.29, 0.717) is 6.54 Å². The normalized spacial score (nSPS) is 14.4. The van der Waals surface area contributed by atoms with Gasteiger partial charge in [-0.3, -0.25) is 0 Å². The van der Waals surface area contributed by atoms with E-state index in [4.69, 9.17) is 4.74 Å². The van der Waals surface area contributed by atoms with Crippen molar-refractivity contribution in [3.05, 3.63) is 53.7 Å². The summed E-state index contributed by atoms with van der Waals surface area (Å²) in [5, 5.41) is 7.96. The average molecular weight is 422 g/mol. The van der Waals surface area contributed by atoms with Crippen molar-refractivity contribution in [1.82, 2.24) is 15.6 Å². The number of anilines is 1. The van der Waals surface area contributed by atoms with E-state index in [2.05, 4.69) is 20.9 Å². The fourth-order valence-corrected chi connectivity index (χ4v) is 3.32. The van der Waals surface area contributed by atoms with Crippen molar-refractivity contribution in [2.24, 2.45) is 0 Å². The Labute approximate surface area is 173 Å². The van der Waals surface area contributed by atoms with Gasteiger partial charge in [0, 0.05) is 31.4 Å². The van der Waals surface area contributed by atoms with Crippen LogP contribution < -0.4 is 20.7 Å². The third kappa shape index (κ3) is 6.27. The van der Waals surface area contributed by atoms with Gasteiger partial charge in [0.25, 0.3) is 0 Å². The maximum Gasteiger partial charge on any atom is 0.419 e. The molecule has 0 bridgehead atoms.